The predicted octanol–water partition coefficient (Wildman–Crippen LogP) is 4.86. The molecule has 0 amide bonds. The summed E-state index contributed by atoms with van der Waals surface area (Å²) < 4.78 is -4.33. The summed E-state index contributed by atoms with van der Waals surface area (Å²) in [6.07, 6.45) is 0.165. The van der Waals surface area contributed by atoms with Crippen LogP contribution < -0.4 is 0 Å². The molecule has 0 aromatic heterocycles. The van der Waals surface area contributed by atoms with Crippen molar-refractivity contribution >= 4 is 58.9 Å². The summed E-state index contributed by atoms with van der Waals surface area (Å²) in [6, 6.07) is 0. The van der Waals surface area contributed by atoms with Crippen LogP contribution in [-0.4, -0.2) is 6.16 Å². The van der Waals surface area contributed by atoms with Crippen LogP contribution in [0.25, 0.3) is 0 Å². The zero-order chi connectivity index (χ0) is 7.12. The van der Waals surface area contributed by atoms with Crippen LogP contribution in [-0.2, 0) is 0 Å². The molecule has 0 aromatic rings. The van der Waals surface area contributed by atoms with Gasteiger partial charge in [-0.05, 0) is 0 Å². The molecule has 0 saturated carbocycles. The molecule has 0 fully saturated rings. The molecule has 0 aliphatic heterocycles. The average molecular weight is 237 g/mol. The second-order valence-corrected chi connectivity index (χ2v) is 23.6. The van der Waals surface area contributed by atoms with E-state index in [1.54, 1.807) is 6.92 Å². The van der Waals surface area contributed by atoms with Crippen molar-refractivity contribution in [2.45, 2.75) is 6.92 Å². The van der Waals surface area contributed by atoms with E-state index in [-0.39, 0.29) is 6.16 Å². The zero-order valence-corrected chi connectivity index (χ0v) is 8.72. The summed E-state index contributed by atoms with van der Waals surface area (Å²) >= 11 is 27.1. The van der Waals surface area contributed by atoms with Crippen LogP contribution >= 0.6 is 58.9 Å². The summed E-state index contributed by atoms with van der Waals surface area (Å²) in [5, 5.41) is 0. The standard InChI is InChI=1S/C2H5Cl5P/c1-2-8(3,4,5,6)7/h2H2,1H3/q-1. The Morgan fingerprint density at radius 2 is 1.12 bits per heavy atom. The fraction of sp³-hybridized carbons (Fsp3) is 1.00. The van der Waals surface area contributed by atoms with Gasteiger partial charge in [-0.15, -0.1) is 0 Å². The number of hydrogen-bond acceptors (Lipinski definition) is 0. The minimum absolute atomic E-state index is 0.165. The molecular weight excluding hydrogens is 232 g/mol. The van der Waals surface area contributed by atoms with Gasteiger partial charge in [0.1, 0.15) is 0 Å². The topological polar surface area (TPSA) is 0 Å². The van der Waals surface area contributed by atoms with Crippen LogP contribution in [0.3, 0.4) is 0 Å². The Labute approximate surface area is 71.8 Å². The Morgan fingerprint density at radius 1 is 1.00 bits per heavy atom. The summed E-state index contributed by atoms with van der Waals surface area (Å²) in [7, 11) is 0. The molecule has 0 atom stereocenters. The molecule has 8 heavy (non-hydrogen) atoms. The van der Waals surface area contributed by atoms with E-state index >= 15 is 0 Å². The first kappa shape index (κ1) is 9.88. The van der Waals surface area contributed by atoms with Gasteiger partial charge in [-0.25, -0.2) is 0 Å². The van der Waals surface area contributed by atoms with E-state index in [4.69, 9.17) is 56.2 Å². The van der Waals surface area contributed by atoms with E-state index in [0.29, 0.717) is 0 Å². The fourth-order valence-corrected chi connectivity index (χ4v) is 0. The summed E-state index contributed by atoms with van der Waals surface area (Å²) in [6.45, 7) is 1.63. The van der Waals surface area contributed by atoms with Crippen molar-refractivity contribution in [1.29, 1.82) is 0 Å². The Bertz CT molecular complexity index is 93.6. The maximum atomic E-state index is 5.43. The van der Waals surface area contributed by atoms with E-state index in [1.165, 1.54) is 0 Å². The first-order valence-corrected chi connectivity index (χ1v) is 9.26. The van der Waals surface area contributed by atoms with Gasteiger partial charge >= 0.3 is 72.0 Å². The van der Waals surface area contributed by atoms with Crippen molar-refractivity contribution in [3.8, 4) is 0 Å². The third-order valence-electron chi connectivity index (χ3n) is 0.598. The van der Waals surface area contributed by atoms with Gasteiger partial charge in [0, 0.05) is 0 Å². The van der Waals surface area contributed by atoms with Crippen molar-refractivity contribution in [3.05, 3.63) is 0 Å². The van der Waals surface area contributed by atoms with Crippen LogP contribution in [0.15, 0.2) is 0 Å². The molecule has 0 aromatic carbocycles. The van der Waals surface area contributed by atoms with Crippen LogP contribution in [0.1, 0.15) is 6.92 Å². The van der Waals surface area contributed by atoms with E-state index in [2.05, 4.69) is 0 Å². The Morgan fingerprint density at radius 3 is 1.12 bits per heavy atom. The van der Waals surface area contributed by atoms with Gasteiger partial charge in [0.05, 0.1) is 0 Å². The average Bonchev–Trinajstić information content (AvgIpc) is 1.30. The first-order chi connectivity index (χ1) is 3.04. The number of halogens is 5. The monoisotopic (exact) mass is 235 g/mol. The van der Waals surface area contributed by atoms with Crippen molar-refractivity contribution in [2.24, 2.45) is 0 Å². The molecule has 6 heteroatoms. The van der Waals surface area contributed by atoms with Crippen LogP contribution in [0, 0.1) is 0 Å². The molecule has 0 N–H and O–H groups in total. The SMILES string of the molecule is CC[P-](Cl)(Cl)(Cl)(Cl)Cl. The molecule has 0 radical (unpaired) electrons. The van der Waals surface area contributed by atoms with E-state index in [9.17, 15) is 0 Å². The molecule has 0 nitrogen and oxygen atoms in total. The Kier molecular flexibility index (Phi) is 2.13. The molecule has 0 saturated heterocycles. The summed E-state index contributed by atoms with van der Waals surface area (Å²) in [5.74, 6) is 0. The van der Waals surface area contributed by atoms with E-state index in [1.807, 2.05) is 0 Å². The van der Waals surface area contributed by atoms with Crippen molar-refractivity contribution in [2.75, 3.05) is 6.16 Å². The molecule has 0 aliphatic carbocycles. The molecular formula is C2H5Cl5P-. The summed E-state index contributed by atoms with van der Waals surface area (Å²) in [5.41, 5.74) is 0. The first-order valence-electron chi connectivity index (χ1n) is 1.87. The van der Waals surface area contributed by atoms with Gasteiger partial charge in [-0.2, -0.15) is 0 Å². The Balaban J connectivity index is 4.50. The van der Waals surface area contributed by atoms with Crippen molar-refractivity contribution in [3.63, 3.8) is 0 Å². The van der Waals surface area contributed by atoms with Crippen molar-refractivity contribution < 1.29 is 0 Å². The maximum absolute atomic E-state index is 5.43. The number of hydrogen-bond donors (Lipinski definition) is 0. The molecule has 0 aliphatic rings. The van der Waals surface area contributed by atoms with Gasteiger partial charge in [-0.3, -0.25) is 0 Å². The molecule has 0 unspecified atom stereocenters. The van der Waals surface area contributed by atoms with Gasteiger partial charge in [-0.1, -0.05) is 0 Å². The van der Waals surface area contributed by atoms with Gasteiger partial charge in [0.2, 0.25) is 0 Å². The quantitative estimate of drug-likeness (QED) is 0.571. The zero-order valence-electron chi connectivity index (χ0n) is 4.04. The number of rotatable bonds is 1. The van der Waals surface area contributed by atoms with E-state index < -0.39 is 2.71 Å². The normalized spacial score (nSPS) is 21.8. The van der Waals surface area contributed by atoms with Gasteiger partial charge < -0.3 is 0 Å². The fourth-order valence-electron chi connectivity index (χ4n) is 0. The van der Waals surface area contributed by atoms with Gasteiger partial charge in [0.15, 0.2) is 0 Å². The van der Waals surface area contributed by atoms with Crippen LogP contribution in [0.2, 0.25) is 0 Å². The molecule has 0 spiro atoms. The third kappa shape index (κ3) is 7.88. The van der Waals surface area contributed by atoms with Crippen LogP contribution in [0.4, 0.5) is 0 Å². The summed E-state index contributed by atoms with van der Waals surface area (Å²) in [4.78, 5) is 0. The Hall–Kier alpha value is 1.88. The van der Waals surface area contributed by atoms with Gasteiger partial charge in [0.25, 0.3) is 0 Å². The van der Waals surface area contributed by atoms with E-state index in [0.717, 1.165) is 0 Å². The molecule has 0 rings (SSSR count). The second-order valence-electron chi connectivity index (χ2n) is 1.55. The molecule has 0 bridgehead atoms. The molecule has 0 heterocycles. The van der Waals surface area contributed by atoms with Crippen LogP contribution in [0.5, 0.6) is 0 Å². The second kappa shape index (κ2) is 1.72. The molecule has 54 valence electrons. The third-order valence-corrected chi connectivity index (χ3v) is 5.38. The minimum atomic E-state index is -4.33. The van der Waals surface area contributed by atoms with Crippen molar-refractivity contribution in [1.82, 2.24) is 0 Å². The predicted molar refractivity (Wildman–Crippen MR) is 46.7 cm³/mol.